The summed E-state index contributed by atoms with van der Waals surface area (Å²) in [4.78, 5) is 34.5. The minimum atomic E-state index is -5.36. The molecule has 5 rings (SSSR count). The molecule has 0 saturated carbocycles. The highest BCUT2D eigenvalue weighted by Gasteiger charge is 2.50. The molecule has 0 bridgehead atoms. The third kappa shape index (κ3) is 6.74. The summed E-state index contributed by atoms with van der Waals surface area (Å²) >= 11 is 0. The number of ether oxygens (including phenoxy) is 2. The molecule has 2 fully saturated rings. The molecule has 2 saturated heterocycles. The average molecular weight is 662 g/mol. The van der Waals surface area contributed by atoms with E-state index < -0.39 is 77.9 Å². The smallest absolute Gasteiger partial charge is 0.387 e. The van der Waals surface area contributed by atoms with Gasteiger partial charge in [-0.1, -0.05) is 5.11 Å². The highest BCUT2D eigenvalue weighted by atomic mass is 31.3. The molecular formula is C20H26N9O13P2+. The molecule has 44 heavy (non-hydrogen) atoms. The first kappa shape index (κ1) is 32.2. The zero-order valence-electron chi connectivity index (χ0n) is 22.1. The molecule has 238 valence electrons. The Morgan fingerprint density at radius 3 is 2.36 bits per heavy atom. The Bertz CT molecular complexity index is 1660. The van der Waals surface area contributed by atoms with Gasteiger partial charge < -0.3 is 45.4 Å². The summed E-state index contributed by atoms with van der Waals surface area (Å²) in [6.45, 7) is -1.78. The van der Waals surface area contributed by atoms with Crippen molar-refractivity contribution < 1.29 is 66.7 Å². The van der Waals surface area contributed by atoms with E-state index in [-0.39, 0.29) is 22.7 Å². The van der Waals surface area contributed by atoms with E-state index in [1.165, 1.54) is 40.0 Å². The van der Waals surface area contributed by atoms with E-state index in [1.54, 1.807) is 0 Å². The number of nitrogens with two attached hydrogens (primary N) is 1. The van der Waals surface area contributed by atoms with Gasteiger partial charge in [0.05, 0.1) is 19.5 Å². The van der Waals surface area contributed by atoms with Crippen LogP contribution in [0.25, 0.3) is 21.6 Å². The summed E-state index contributed by atoms with van der Waals surface area (Å²) in [6.07, 6.45) is -6.63. The van der Waals surface area contributed by atoms with Crippen LogP contribution < -0.4 is 10.3 Å². The van der Waals surface area contributed by atoms with Crippen molar-refractivity contribution in [2.24, 2.45) is 5.11 Å². The number of rotatable bonds is 11. The number of aromatic nitrogens is 5. The van der Waals surface area contributed by atoms with E-state index in [0.717, 1.165) is 6.33 Å². The van der Waals surface area contributed by atoms with Gasteiger partial charge in [-0.3, -0.25) is 13.6 Å². The fourth-order valence-electron chi connectivity index (χ4n) is 4.53. The first-order chi connectivity index (χ1) is 20.8. The number of hydrogen-bond acceptors (Lipinski definition) is 16. The van der Waals surface area contributed by atoms with Crippen molar-refractivity contribution in [3.8, 4) is 0 Å². The van der Waals surface area contributed by atoms with Gasteiger partial charge in [-0.05, 0) is 11.6 Å². The second kappa shape index (κ2) is 12.7. The molecule has 0 aromatic carbocycles. The van der Waals surface area contributed by atoms with Crippen LogP contribution in [0.3, 0.4) is 0 Å². The number of aliphatic hydroxyl groups excluding tert-OH is 4. The molecule has 8 N–H and O–H groups in total. The van der Waals surface area contributed by atoms with E-state index in [2.05, 4.69) is 29.3 Å². The zero-order valence-corrected chi connectivity index (χ0v) is 23.9. The van der Waals surface area contributed by atoms with Gasteiger partial charge in [0.2, 0.25) is 0 Å². The Morgan fingerprint density at radius 1 is 1.02 bits per heavy atom. The molecule has 2 aliphatic rings. The molecule has 2 unspecified atom stereocenters. The summed E-state index contributed by atoms with van der Waals surface area (Å²) in [6, 6.07) is 2.95. The standard InChI is InChI=1S/C20H25N9O13P2/c21-17-12-18(24-7-23-17)29(8-25-12)20-16(33)14(31)11(41-20)6-39-44(36,37)42-43(34,35)38-5-10-13(30)15(32)19(40-10)28-3-1-2-9(4-28)26-27-22/h1-4,7-8,10-11,13-16,19-20,30-33H,5-6H2,(H3-,21,23,24,34,35,36,37)/p+1/t10-,11-,13-,14-,15-,16-,19-,20-/m1/s1. The molecule has 10 atom stereocenters. The Hall–Kier alpha value is -3.17. The van der Waals surface area contributed by atoms with Gasteiger partial charge in [-0.25, -0.2) is 24.1 Å². The number of nitrogens with zero attached hydrogens (tertiary/aromatic N) is 8. The highest BCUT2D eigenvalue weighted by Crippen LogP contribution is 2.60. The van der Waals surface area contributed by atoms with Gasteiger partial charge in [0.1, 0.15) is 48.1 Å². The number of aliphatic hydroxyl groups is 4. The fourth-order valence-corrected chi connectivity index (χ4v) is 6.62. The van der Waals surface area contributed by atoms with Gasteiger partial charge in [0, 0.05) is 11.0 Å². The number of imidazole rings is 1. The molecule has 24 heteroatoms. The quantitative estimate of drug-likeness (QED) is 0.0418. The predicted octanol–water partition coefficient (Wildman–Crippen LogP) is -1.17. The van der Waals surface area contributed by atoms with Crippen LogP contribution in [0, 0.1) is 0 Å². The summed E-state index contributed by atoms with van der Waals surface area (Å²) < 4.78 is 52.1. The lowest BCUT2D eigenvalue weighted by atomic mass is 10.1. The third-order valence-corrected chi connectivity index (χ3v) is 9.21. The fraction of sp³-hybridized carbons (Fsp3) is 0.500. The van der Waals surface area contributed by atoms with Crippen molar-refractivity contribution in [3.05, 3.63) is 47.6 Å². The van der Waals surface area contributed by atoms with Gasteiger partial charge in [0.25, 0.3) is 6.23 Å². The van der Waals surface area contributed by atoms with Crippen LogP contribution in [-0.4, -0.2) is 99.6 Å². The molecular weight excluding hydrogens is 636 g/mol. The number of pyridine rings is 1. The van der Waals surface area contributed by atoms with Crippen LogP contribution in [0.4, 0.5) is 11.5 Å². The van der Waals surface area contributed by atoms with Crippen molar-refractivity contribution in [2.45, 2.75) is 49.1 Å². The highest BCUT2D eigenvalue weighted by molar-refractivity contribution is 7.61. The first-order valence-corrected chi connectivity index (χ1v) is 15.5. The monoisotopic (exact) mass is 662 g/mol. The van der Waals surface area contributed by atoms with E-state index >= 15 is 0 Å². The third-order valence-electron chi connectivity index (χ3n) is 6.61. The van der Waals surface area contributed by atoms with Crippen molar-refractivity contribution in [2.75, 3.05) is 18.9 Å². The Labute approximate surface area is 245 Å². The number of phosphoric ester groups is 2. The van der Waals surface area contributed by atoms with Crippen molar-refractivity contribution in [3.63, 3.8) is 0 Å². The summed E-state index contributed by atoms with van der Waals surface area (Å²) in [5.41, 5.74) is 14.9. The molecule has 3 aromatic heterocycles. The van der Waals surface area contributed by atoms with E-state index in [9.17, 15) is 39.3 Å². The lowest BCUT2D eigenvalue weighted by molar-refractivity contribution is -0.765. The lowest BCUT2D eigenvalue weighted by Crippen LogP contribution is -2.45. The number of fused-ring (bicyclic) bond motifs is 1. The van der Waals surface area contributed by atoms with E-state index in [4.69, 9.17) is 29.8 Å². The maximum absolute atomic E-state index is 12.4. The normalized spacial score (nSPS) is 31.4. The molecule has 0 aliphatic carbocycles. The maximum Gasteiger partial charge on any atom is 0.481 e. The number of hydrogen-bond donors (Lipinski definition) is 7. The maximum atomic E-state index is 12.4. The van der Waals surface area contributed by atoms with Crippen molar-refractivity contribution in [1.29, 1.82) is 0 Å². The lowest BCUT2D eigenvalue weighted by Gasteiger charge is -2.20. The molecule has 0 radical (unpaired) electrons. The summed E-state index contributed by atoms with van der Waals surface area (Å²) in [5.74, 6) is 0.0524. The topological polar surface area (TPSA) is 324 Å². The Balaban J connectivity index is 1.16. The molecule has 2 aliphatic heterocycles. The van der Waals surface area contributed by atoms with Crippen LogP contribution in [0.2, 0.25) is 0 Å². The number of anilines is 1. The van der Waals surface area contributed by atoms with Gasteiger partial charge >= 0.3 is 15.6 Å². The van der Waals surface area contributed by atoms with Crippen LogP contribution in [0.5, 0.6) is 0 Å². The molecule has 0 spiro atoms. The largest absolute Gasteiger partial charge is 0.481 e. The first-order valence-electron chi connectivity index (χ1n) is 12.5. The minimum Gasteiger partial charge on any atom is -0.387 e. The van der Waals surface area contributed by atoms with Gasteiger partial charge in [0.15, 0.2) is 36.2 Å². The van der Waals surface area contributed by atoms with Gasteiger partial charge in [-0.2, -0.15) is 8.88 Å². The number of phosphoric acid groups is 2. The molecule has 5 heterocycles. The molecule has 0 amide bonds. The van der Waals surface area contributed by atoms with Crippen molar-refractivity contribution >= 4 is 38.3 Å². The van der Waals surface area contributed by atoms with E-state index in [0.29, 0.717) is 0 Å². The molecule has 22 nitrogen and oxygen atoms in total. The van der Waals surface area contributed by atoms with Gasteiger partial charge in [-0.15, -0.1) is 0 Å². The van der Waals surface area contributed by atoms with Crippen LogP contribution in [0.15, 0.2) is 42.3 Å². The number of nitrogen functional groups attached to an aromatic ring is 1. The predicted molar refractivity (Wildman–Crippen MR) is 140 cm³/mol. The minimum absolute atomic E-state index is 0.0524. The average Bonchev–Trinajstić information content (AvgIpc) is 3.61. The Morgan fingerprint density at radius 2 is 1.68 bits per heavy atom. The SMILES string of the molecule is [N-]=[N+]=Nc1ccc[n+]([C@@H]2O[C@H](COP(=O)(O)OP(=O)(O)OC[C@H]3O[C@@H](n4cnc5c(N)ncnc54)[C@H](O)[C@@H]3O)[C@@H](O)[C@H]2O)c1. The second-order valence-electron chi connectivity index (χ2n) is 9.48. The van der Waals surface area contributed by atoms with Crippen LogP contribution >= 0.6 is 15.6 Å². The zero-order chi connectivity index (χ0) is 31.8. The second-order valence-corrected chi connectivity index (χ2v) is 12.5. The Kier molecular flexibility index (Phi) is 9.29. The molecule has 3 aromatic rings. The van der Waals surface area contributed by atoms with E-state index in [1.807, 2.05) is 0 Å². The van der Waals surface area contributed by atoms with Crippen LogP contribution in [0.1, 0.15) is 12.5 Å². The summed E-state index contributed by atoms with van der Waals surface area (Å²) in [5, 5.41) is 45.1. The summed E-state index contributed by atoms with van der Waals surface area (Å²) in [7, 11) is -10.7. The van der Waals surface area contributed by atoms with Crippen molar-refractivity contribution in [1.82, 2.24) is 19.5 Å². The number of azide groups is 1. The van der Waals surface area contributed by atoms with Crippen LogP contribution in [-0.2, 0) is 32.0 Å².